The molecule has 0 fully saturated rings. The average molecular weight is 209 g/mol. The summed E-state index contributed by atoms with van der Waals surface area (Å²) >= 11 is -1.50. The molecule has 0 spiro atoms. The second-order valence-corrected chi connectivity index (χ2v) is 2.33. The van der Waals surface area contributed by atoms with Crippen LogP contribution in [0, 0.1) is 0 Å². The molecule has 0 unspecified atom stereocenters. The Bertz CT molecular complexity index is 90.8. The van der Waals surface area contributed by atoms with Crippen molar-refractivity contribution in [3.05, 3.63) is 0 Å². The molecule has 0 aromatic rings. The van der Waals surface area contributed by atoms with Crippen LogP contribution in [0.2, 0.25) is 0 Å². The van der Waals surface area contributed by atoms with Crippen molar-refractivity contribution in [2.45, 2.75) is 0 Å². The summed E-state index contributed by atoms with van der Waals surface area (Å²) < 4.78 is 15.7. The Morgan fingerprint density at radius 1 is 0.923 bits per heavy atom. The van der Waals surface area contributed by atoms with E-state index in [1.54, 1.807) is 4.90 Å². The van der Waals surface area contributed by atoms with E-state index in [0.29, 0.717) is 19.6 Å². The topological polar surface area (TPSA) is 101 Å². The quantitative estimate of drug-likeness (QED) is 0.353. The van der Waals surface area contributed by atoms with Gasteiger partial charge in [0.2, 0.25) is 0 Å². The molecule has 0 aromatic carbocycles. The molecular formula is C6H16AlNO5. The van der Waals surface area contributed by atoms with Gasteiger partial charge in [0.25, 0.3) is 0 Å². The number of aliphatic hydroxyl groups is 3. The molecule has 0 heterocycles. The van der Waals surface area contributed by atoms with E-state index < -0.39 is 15.5 Å². The van der Waals surface area contributed by atoms with E-state index in [9.17, 15) is 0 Å². The van der Waals surface area contributed by atoms with Crippen molar-refractivity contribution in [1.29, 1.82) is 0 Å². The normalized spacial score (nSPS) is 8.92. The number of rotatable bonds is 6. The minimum atomic E-state index is -1.50. The fraction of sp³-hybridized carbons (Fsp3) is 1.00. The summed E-state index contributed by atoms with van der Waals surface area (Å²) in [4.78, 5) is 1.79. The second kappa shape index (κ2) is 14.5. The van der Waals surface area contributed by atoms with Gasteiger partial charge in [-0.3, -0.25) is 4.90 Å². The zero-order chi connectivity index (χ0) is 10.5. The maximum atomic E-state index is 8.57. The third-order valence-electron chi connectivity index (χ3n) is 1.25. The van der Waals surface area contributed by atoms with Gasteiger partial charge in [-0.15, -0.1) is 0 Å². The summed E-state index contributed by atoms with van der Waals surface area (Å²) in [7, 11) is 0. The molecule has 0 bridgehead atoms. The van der Waals surface area contributed by atoms with Gasteiger partial charge in [0.1, 0.15) is 0 Å². The first kappa shape index (κ1) is 15.4. The summed E-state index contributed by atoms with van der Waals surface area (Å²) in [6, 6.07) is 0. The van der Waals surface area contributed by atoms with Crippen molar-refractivity contribution in [2.24, 2.45) is 0 Å². The van der Waals surface area contributed by atoms with Crippen LogP contribution in [-0.2, 0) is 3.80 Å². The van der Waals surface area contributed by atoms with Gasteiger partial charge in [0.05, 0.1) is 19.8 Å². The van der Waals surface area contributed by atoms with Gasteiger partial charge in [-0.2, -0.15) is 0 Å². The van der Waals surface area contributed by atoms with Gasteiger partial charge < -0.3 is 15.3 Å². The van der Waals surface area contributed by atoms with Crippen molar-refractivity contribution >= 4 is 15.5 Å². The molecular weight excluding hydrogens is 193 g/mol. The van der Waals surface area contributed by atoms with E-state index in [0.717, 1.165) is 0 Å². The van der Waals surface area contributed by atoms with E-state index in [-0.39, 0.29) is 19.8 Å². The van der Waals surface area contributed by atoms with Gasteiger partial charge in [-0.1, -0.05) is 0 Å². The molecule has 78 valence electrons. The Balaban J connectivity index is 0. The Hall–Kier alpha value is -0.0275. The zero-order valence-electron chi connectivity index (χ0n) is 7.46. The number of nitrogens with zero attached hydrogens (tertiary/aromatic N) is 1. The predicted octanol–water partition coefficient (Wildman–Crippen LogP) is -2.79. The van der Waals surface area contributed by atoms with Crippen molar-refractivity contribution in [3.8, 4) is 0 Å². The molecule has 0 radical (unpaired) electrons. The third kappa shape index (κ3) is 14.8. The van der Waals surface area contributed by atoms with E-state index >= 15 is 0 Å². The number of aliphatic hydroxyl groups excluding tert-OH is 3. The third-order valence-corrected chi connectivity index (χ3v) is 1.25. The average Bonchev–Trinajstić information content (AvgIpc) is 2.07. The van der Waals surface area contributed by atoms with Crippen LogP contribution in [0.1, 0.15) is 0 Å². The van der Waals surface area contributed by atoms with E-state index in [1.807, 2.05) is 0 Å². The fourth-order valence-electron chi connectivity index (χ4n) is 0.760. The molecule has 0 rings (SSSR count). The van der Waals surface area contributed by atoms with Crippen LogP contribution >= 0.6 is 0 Å². The van der Waals surface area contributed by atoms with Crippen LogP contribution in [-0.4, -0.2) is 79.3 Å². The summed E-state index contributed by atoms with van der Waals surface area (Å²) in [5.74, 6) is 0. The van der Waals surface area contributed by atoms with Crippen molar-refractivity contribution < 1.29 is 23.3 Å². The monoisotopic (exact) mass is 209 g/mol. The first-order chi connectivity index (χ1) is 6.26. The standard InChI is InChI=1S/C6H15NO3.Al.H2O.O/c8-4-1-7(2-5-9)3-6-10;;;/h8-10H,1-6H2;;1H2;/q;+1;;/p-1. The molecule has 0 aliphatic rings. The van der Waals surface area contributed by atoms with Crippen LogP contribution in [0.25, 0.3) is 0 Å². The SMILES string of the molecule is OCCN(CCO)CCO.[O]=[Al][OH]. The summed E-state index contributed by atoms with van der Waals surface area (Å²) in [6.45, 7) is 1.75. The molecule has 0 atom stereocenters. The first-order valence-corrected chi connectivity index (χ1v) is 4.88. The van der Waals surface area contributed by atoms with Crippen LogP contribution in [0.3, 0.4) is 0 Å². The molecule has 0 saturated heterocycles. The summed E-state index contributed by atoms with van der Waals surface area (Å²) in [5.41, 5.74) is 0. The van der Waals surface area contributed by atoms with Crippen molar-refractivity contribution in [3.63, 3.8) is 0 Å². The van der Waals surface area contributed by atoms with Gasteiger partial charge in [-0.25, -0.2) is 0 Å². The first-order valence-electron chi connectivity index (χ1n) is 3.89. The molecule has 6 nitrogen and oxygen atoms in total. The Kier molecular flexibility index (Phi) is 17.2. The fourth-order valence-corrected chi connectivity index (χ4v) is 0.760. The zero-order valence-corrected chi connectivity index (χ0v) is 8.62. The molecule has 0 amide bonds. The molecule has 0 aromatic heterocycles. The minimum absolute atomic E-state index is 0.0694. The van der Waals surface area contributed by atoms with Gasteiger partial charge in [0.15, 0.2) is 0 Å². The maximum absolute atomic E-state index is 8.57. The van der Waals surface area contributed by atoms with Crippen molar-refractivity contribution in [2.75, 3.05) is 39.5 Å². The molecule has 0 saturated carbocycles. The Morgan fingerprint density at radius 3 is 1.31 bits per heavy atom. The molecule has 13 heavy (non-hydrogen) atoms. The Labute approximate surface area is 83.7 Å². The van der Waals surface area contributed by atoms with Crippen LogP contribution in [0.15, 0.2) is 0 Å². The molecule has 4 N–H and O–H groups in total. The van der Waals surface area contributed by atoms with Gasteiger partial charge in [0, 0.05) is 19.6 Å². The van der Waals surface area contributed by atoms with Crippen molar-refractivity contribution in [1.82, 2.24) is 4.90 Å². The van der Waals surface area contributed by atoms with Crippen LogP contribution in [0.4, 0.5) is 0 Å². The summed E-state index contributed by atoms with van der Waals surface area (Å²) in [5, 5.41) is 25.5. The predicted molar refractivity (Wildman–Crippen MR) is 46.4 cm³/mol. The van der Waals surface area contributed by atoms with E-state index in [4.69, 9.17) is 23.3 Å². The molecule has 0 aliphatic heterocycles. The number of hydrogen-bond donors (Lipinski definition) is 4. The van der Waals surface area contributed by atoms with E-state index in [2.05, 4.69) is 0 Å². The second-order valence-electron chi connectivity index (χ2n) is 2.12. The Morgan fingerprint density at radius 2 is 1.15 bits per heavy atom. The molecule has 0 aliphatic carbocycles. The number of hydrogen-bond acceptors (Lipinski definition) is 5. The molecule has 7 heteroatoms. The van der Waals surface area contributed by atoms with E-state index in [1.165, 1.54) is 0 Å². The van der Waals surface area contributed by atoms with Crippen LogP contribution in [0.5, 0.6) is 0 Å². The van der Waals surface area contributed by atoms with Gasteiger partial charge >= 0.3 is 23.4 Å². The van der Waals surface area contributed by atoms with Crippen LogP contribution < -0.4 is 0 Å². The summed E-state index contributed by atoms with van der Waals surface area (Å²) in [6.07, 6.45) is 0. The van der Waals surface area contributed by atoms with Gasteiger partial charge in [-0.05, 0) is 0 Å².